The van der Waals surface area contributed by atoms with Crippen molar-refractivity contribution in [3.63, 3.8) is 0 Å². The number of methoxy groups -OCH3 is 1. The molecule has 1 saturated carbocycles. The van der Waals surface area contributed by atoms with Crippen molar-refractivity contribution in [1.29, 1.82) is 0 Å². The first kappa shape index (κ1) is 29.3. The van der Waals surface area contributed by atoms with Crippen LogP contribution in [0.2, 0.25) is 0 Å². The number of carbonyl (C=O) groups excluding carboxylic acids is 3. The minimum absolute atomic E-state index is 0.0613. The summed E-state index contributed by atoms with van der Waals surface area (Å²) >= 11 is 1.24. The lowest BCUT2D eigenvalue weighted by Gasteiger charge is -2.32. The Bertz CT molecular complexity index is 1620. The quantitative estimate of drug-likeness (QED) is 0.404. The van der Waals surface area contributed by atoms with Gasteiger partial charge in [0.1, 0.15) is 12.3 Å². The van der Waals surface area contributed by atoms with E-state index in [0.717, 1.165) is 46.3 Å². The highest BCUT2D eigenvalue weighted by Crippen LogP contribution is 2.47. The number of piperazine rings is 1. The zero-order valence-electron chi connectivity index (χ0n) is 25.3. The van der Waals surface area contributed by atoms with Gasteiger partial charge in [0.15, 0.2) is 0 Å². The summed E-state index contributed by atoms with van der Waals surface area (Å²) in [6, 6.07) is 12.0. The van der Waals surface area contributed by atoms with Gasteiger partial charge in [-0.1, -0.05) is 25.3 Å². The van der Waals surface area contributed by atoms with Crippen molar-refractivity contribution in [3.05, 3.63) is 58.7 Å². The molecule has 2 fully saturated rings. The molecule has 10 heteroatoms. The molecule has 9 nitrogen and oxygen atoms in total. The topological polar surface area (TPSA) is 87.1 Å². The first-order chi connectivity index (χ1) is 20.7. The zero-order chi connectivity index (χ0) is 30.2. The SMILES string of the molecule is COc1ccc2c(c1)C=C(C(=O)N1CCN(C)C(=O)C1)Cn1c-2c(C2CCCCC2)c2ccc(C(=O)NSN(C)C)cc21. The van der Waals surface area contributed by atoms with Crippen molar-refractivity contribution < 1.29 is 19.1 Å². The first-order valence-corrected chi connectivity index (χ1v) is 15.8. The van der Waals surface area contributed by atoms with E-state index >= 15 is 0 Å². The van der Waals surface area contributed by atoms with Gasteiger partial charge in [-0.3, -0.25) is 19.1 Å². The van der Waals surface area contributed by atoms with Crippen molar-refractivity contribution in [1.82, 2.24) is 23.4 Å². The Morgan fingerprint density at radius 2 is 1.81 bits per heavy atom. The molecule has 6 rings (SSSR count). The Morgan fingerprint density at radius 1 is 1.02 bits per heavy atom. The van der Waals surface area contributed by atoms with Crippen molar-refractivity contribution in [2.45, 2.75) is 44.6 Å². The van der Waals surface area contributed by atoms with Gasteiger partial charge in [0.25, 0.3) is 11.8 Å². The van der Waals surface area contributed by atoms with E-state index in [-0.39, 0.29) is 24.3 Å². The molecule has 0 atom stereocenters. The molecule has 0 unspecified atom stereocenters. The van der Waals surface area contributed by atoms with Crippen molar-refractivity contribution in [3.8, 4) is 17.0 Å². The van der Waals surface area contributed by atoms with E-state index in [1.807, 2.05) is 48.7 Å². The number of aromatic nitrogens is 1. The van der Waals surface area contributed by atoms with Crippen LogP contribution < -0.4 is 9.46 Å². The van der Waals surface area contributed by atoms with Crippen LogP contribution in [-0.4, -0.2) is 84.3 Å². The van der Waals surface area contributed by atoms with Crippen LogP contribution in [-0.2, 0) is 16.1 Å². The number of ether oxygens (including phenoxy) is 1. The molecular weight excluding hydrogens is 562 g/mol. The van der Waals surface area contributed by atoms with Gasteiger partial charge in [-0.05, 0) is 80.4 Å². The Morgan fingerprint density at radius 3 is 2.53 bits per heavy atom. The maximum Gasteiger partial charge on any atom is 0.262 e. The third-order valence-electron chi connectivity index (χ3n) is 8.89. The van der Waals surface area contributed by atoms with Gasteiger partial charge < -0.3 is 19.1 Å². The number of hydrogen-bond donors (Lipinski definition) is 1. The molecule has 226 valence electrons. The number of rotatable bonds is 6. The summed E-state index contributed by atoms with van der Waals surface area (Å²) in [5, 5.41) is 1.13. The van der Waals surface area contributed by atoms with Crippen LogP contribution in [0.25, 0.3) is 28.2 Å². The van der Waals surface area contributed by atoms with E-state index in [2.05, 4.69) is 21.4 Å². The molecule has 1 saturated heterocycles. The molecule has 3 heterocycles. The third kappa shape index (κ3) is 5.65. The molecule has 0 bridgehead atoms. The van der Waals surface area contributed by atoms with Gasteiger partial charge in [-0.25, -0.2) is 4.31 Å². The number of carbonyl (C=O) groups is 3. The Hall–Kier alpha value is -3.76. The Labute approximate surface area is 257 Å². The van der Waals surface area contributed by atoms with E-state index in [4.69, 9.17) is 4.74 Å². The van der Waals surface area contributed by atoms with Gasteiger partial charge in [0, 0.05) is 59.9 Å². The monoisotopic (exact) mass is 601 g/mol. The summed E-state index contributed by atoms with van der Waals surface area (Å²) in [5.41, 5.74) is 6.48. The second kappa shape index (κ2) is 12.1. The fourth-order valence-corrected chi connectivity index (χ4v) is 7.02. The lowest BCUT2D eigenvalue weighted by molar-refractivity contribution is -0.142. The highest BCUT2D eigenvalue weighted by Gasteiger charge is 2.33. The number of nitrogens with one attached hydrogen (secondary N) is 1. The molecule has 3 amide bonds. The number of likely N-dealkylation sites (N-methyl/N-ethyl adjacent to an activating group) is 1. The fourth-order valence-electron chi connectivity index (χ4n) is 6.64. The van der Waals surface area contributed by atoms with Gasteiger partial charge >= 0.3 is 0 Å². The van der Waals surface area contributed by atoms with Crippen molar-refractivity contribution >= 4 is 46.8 Å². The van der Waals surface area contributed by atoms with Gasteiger partial charge in [-0.2, -0.15) is 0 Å². The summed E-state index contributed by atoms with van der Waals surface area (Å²) in [5.74, 6) is 0.739. The van der Waals surface area contributed by atoms with Crippen molar-refractivity contribution in [2.24, 2.45) is 0 Å². The molecule has 3 aliphatic rings. The predicted octanol–water partition coefficient (Wildman–Crippen LogP) is 4.92. The average molecular weight is 602 g/mol. The normalized spacial score (nSPS) is 17.4. The van der Waals surface area contributed by atoms with E-state index in [0.29, 0.717) is 36.7 Å². The average Bonchev–Trinajstić information content (AvgIpc) is 3.23. The number of benzene rings is 2. The van der Waals surface area contributed by atoms with E-state index in [1.165, 1.54) is 37.0 Å². The largest absolute Gasteiger partial charge is 0.497 e. The van der Waals surface area contributed by atoms with Crippen LogP contribution in [0.5, 0.6) is 5.75 Å². The molecule has 2 aliphatic heterocycles. The smallest absolute Gasteiger partial charge is 0.262 e. The van der Waals surface area contributed by atoms with Crippen LogP contribution in [0.4, 0.5) is 0 Å². The van der Waals surface area contributed by atoms with E-state index < -0.39 is 0 Å². The summed E-state index contributed by atoms with van der Waals surface area (Å²) in [6.45, 7) is 1.41. The Kier molecular flexibility index (Phi) is 8.24. The van der Waals surface area contributed by atoms with Crippen LogP contribution in [0, 0.1) is 0 Å². The minimum Gasteiger partial charge on any atom is -0.497 e. The van der Waals surface area contributed by atoms with Crippen LogP contribution >= 0.6 is 12.1 Å². The number of fused-ring (bicyclic) bond motifs is 5. The second-order valence-corrected chi connectivity index (χ2v) is 13.0. The first-order valence-electron chi connectivity index (χ1n) is 15.0. The number of nitrogens with zero attached hydrogens (tertiary/aromatic N) is 4. The second-order valence-electron chi connectivity index (χ2n) is 11.9. The predicted molar refractivity (Wildman–Crippen MR) is 171 cm³/mol. The molecular formula is C33H39N5O4S. The maximum atomic E-state index is 14.1. The lowest BCUT2D eigenvalue weighted by atomic mass is 9.81. The summed E-state index contributed by atoms with van der Waals surface area (Å²) < 4.78 is 12.6. The number of amides is 3. The maximum absolute atomic E-state index is 14.1. The highest BCUT2D eigenvalue weighted by molar-refractivity contribution is 7.95. The molecule has 1 N–H and O–H groups in total. The van der Waals surface area contributed by atoms with Crippen LogP contribution in [0.1, 0.15) is 59.5 Å². The third-order valence-corrected chi connectivity index (χ3v) is 9.53. The van der Waals surface area contributed by atoms with Crippen molar-refractivity contribution in [2.75, 3.05) is 47.9 Å². The van der Waals surface area contributed by atoms with E-state index in [9.17, 15) is 14.4 Å². The Balaban J connectivity index is 1.54. The lowest BCUT2D eigenvalue weighted by Crippen LogP contribution is -2.51. The molecule has 3 aromatic rings. The van der Waals surface area contributed by atoms with Gasteiger partial charge in [0.05, 0.1) is 19.3 Å². The molecule has 0 radical (unpaired) electrons. The van der Waals surface area contributed by atoms with Gasteiger partial charge in [-0.15, -0.1) is 0 Å². The minimum atomic E-state index is -0.170. The van der Waals surface area contributed by atoms with E-state index in [1.54, 1.807) is 24.0 Å². The summed E-state index contributed by atoms with van der Waals surface area (Å²) in [4.78, 5) is 43.1. The van der Waals surface area contributed by atoms with Crippen LogP contribution in [0.15, 0.2) is 42.0 Å². The molecule has 0 spiro atoms. The molecule has 1 aromatic heterocycles. The standard InChI is InChI=1S/C33H39N5O4S/c1-35(2)43-34-32(40)22-10-12-27-28(18-22)38-19-24(33(41)37-15-14-36(3)29(39)20-37)16-23-17-25(42-4)11-13-26(23)31(38)30(27)21-8-6-5-7-9-21/h10-13,16-18,21H,5-9,14-15,19-20H2,1-4H3,(H,34,40). The van der Waals surface area contributed by atoms with Crippen LogP contribution in [0.3, 0.4) is 0 Å². The van der Waals surface area contributed by atoms with Gasteiger partial charge in [0.2, 0.25) is 5.91 Å². The molecule has 2 aromatic carbocycles. The number of hydrogen-bond acceptors (Lipinski definition) is 6. The zero-order valence-corrected chi connectivity index (χ0v) is 26.1. The molecule has 1 aliphatic carbocycles. The highest BCUT2D eigenvalue weighted by atomic mass is 32.2. The molecule has 43 heavy (non-hydrogen) atoms. The fraction of sp³-hybridized carbons (Fsp3) is 0.424. The summed E-state index contributed by atoms with van der Waals surface area (Å²) in [7, 11) is 7.18. The summed E-state index contributed by atoms with van der Waals surface area (Å²) in [6.07, 6.45) is 7.82.